The summed E-state index contributed by atoms with van der Waals surface area (Å²) in [7, 11) is -3.86. The molecule has 0 spiro atoms. The monoisotopic (exact) mass is 630 g/mol. The highest BCUT2D eigenvalue weighted by molar-refractivity contribution is 7.92. The molecule has 4 aromatic rings. The van der Waals surface area contributed by atoms with Gasteiger partial charge in [-0.05, 0) is 72.3 Å². The highest BCUT2D eigenvalue weighted by Gasteiger charge is 2.26. The number of ether oxygens (including phenoxy) is 2. The summed E-state index contributed by atoms with van der Waals surface area (Å²) in [5.74, 6) is -0.511. The summed E-state index contributed by atoms with van der Waals surface area (Å²) >= 11 is 5.89. The standard InChI is InChI=1S/C28H27ClN4O7S2/c1-33(18-19-5-4-16-30-17-19)42(37,38)23-12-8-21(9-13-23)31-28(34)24-14-15-25(39-2)27(40-3)26(24)32-41(35,36)22-10-6-20(29)7-11-22/h4-17,32H,18H2,1-3H3,(H,31,34). The second-order valence-electron chi connectivity index (χ2n) is 8.88. The van der Waals surface area contributed by atoms with Crippen molar-refractivity contribution in [3.8, 4) is 11.5 Å². The number of nitrogens with one attached hydrogen (secondary N) is 2. The lowest BCUT2D eigenvalue weighted by atomic mass is 10.1. The Bertz CT molecular complexity index is 1780. The van der Waals surface area contributed by atoms with Crippen molar-refractivity contribution < 1.29 is 31.1 Å². The minimum atomic E-state index is -4.17. The third kappa shape index (κ3) is 6.82. The number of carbonyl (C=O) groups excluding carboxylic acids is 1. The number of hydrogen-bond donors (Lipinski definition) is 2. The fourth-order valence-corrected chi connectivity index (χ4v) is 6.32. The number of aromatic nitrogens is 1. The van der Waals surface area contributed by atoms with E-state index in [1.165, 1.54) is 86.2 Å². The van der Waals surface area contributed by atoms with E-state index in [1.54, 1.807) is 24.5 Å². The van der Waals surface area contributed by atoms with Gasteiger partial charge in [0.2, 0.25) is 10.0 Å². The van der Waals surface area contributed by atoms with Crippen LogP contribution in [0.15, 0.2) is 95.0 Å². The predicted molar refractivity (Wildman–Crippen MR) is 159 cm³/mol. The zero-order valence-corrected chi connectivity index (χ0v) is 25.1. The average Bonchev–Trinajstić information content (AvgIpc) is 2.97. The van der Waals surface area contributed by atoms with E-state index in [0.717, 1.165) is 5.56 Å². The number of sulfonamides is 2. The Morgan fingerprint density at radius 1 is 0.905 bits per heavy atom. The van der Waals surface area contributed by atoms with Crippen LogP contribution in [-0.4, -0.2) is 53.3 Å². The molecule has 4 rings (SSSR count). The SMILES string of the molecule is COc1ccc(C(=O)Nc2ccc(S(=O)(=O)N(C)Cc3cccnc3)cc2)c(NS(=O)(=O)c2ccc(Cl)cc2)c1OC. The van der Waals surface area contributed by atoms with Crippen LogP contribution in [0.2, 0.25) is 5.02 Å². The summed E-state index contributed by atoms with van der Waals surface area (Å²) in [6.07, 6.45) is 3.19. The number of pyridine rings is 1. The summed E-state index contributed by atoms with van der Waals surface area (Å²) in [6.45, 7) is 0.128. The molecular weight excluding hydrogens is 604 g/mol. The molecule has 0 aliphatic heterocycles. The van der Waals surface area contributed by atoms with Gasteiger partial charge >= 0.3 is 0 Å². The fraction of sp³-hybridized carbons (Fsp3) is 0.143. The van der Waals surface area contributed by atoms with E-state index >= 15 is 0 Å². The summed E-state index contributed by atoms with van der Waals surface area (Å²) in [5, 5.41) is 3.02. The Kier molecular flexibility index (Phi) is 9.36. The Morgan fingerprint density at radius 3 is 2.17 bits per heavy atom. The molecule has 0 bridgehead atoms. The minimum absolute atomic E-state index is 0.0132. The van der Waals surface area contributed by atoms with Gasteiger partial charge in [0.05, 0.1) is 29.6 Å². The molecule has 1 heterocycles. The molecule has 42 heavy (non-hydrogen) atoms. The van der Waals surface area contributed by atoms with Gasteiger partial charge in [-0.25, -0.2) is 16.8 Å². The largest absolute Gasteiger partial charge is 0.493 e. The number of halogens is 1. The van der Waals surface area contributed by atoms with Gasteiger partial charge in [0, 0.05) is 36.7 Å². The second kappa shape index (κ2) is 12.8. The zero-order valence-electron chi connectivity index (χ0n) is 22.7. The lowest BCUT2D eigenvalue weighted by molar-refractivity contribution is 0.102. The van der Waals surface area contributed by atoms with Gasteiger partial charge in [-0.15, -0.1) is 0 Å². The van der Waals surface area contributed by atoms with Gasteiger partial charge < -0.3 is 14.8 Å². The van der Waals surface area contributed by atoms with E-state index in [4.69, 9.17) is 21.1 Å². The third-order valence-electron chi connectivity index (χ3n) is 6.10. The first kappa shape index (κ1) is 30.8. The molecule has 3 aromatic carbocycles. The van der Waals surface area contributed by atoms with E-state index in [0.29, 0.717) is 5.02 Å². The molecule has 220 valence electrons. The molecule has 0 aliphatic rings. The van der Waals surface area contributed by atoms with Crippen LogP contribution in [0.1, 0.15) is 15.9 Å². The van der Waals surface area contributed by atoms with Crippen LogP contribution in [0.4, 0.5) is 11.4 Å². The van der Waals surface area contributed by atoms with Gasteiger partial charge in [-0.3, -0.25) is 14.5 Å². The number of benzene rings is 3. The Balaban J connectivity index is 1.60. The molecule has 0 saturated heterocycles. The van der Waals surface area contributed by atoms with Crippen molar-refractivity contribution in [2.24, 2.45) is 0 Å². The maximum atomic E-state index is 13.4. The Labute approximate surface area is 249 Å². The lowest BCUT2D eigenvalue weighted by Crippen LogP contribution is -2.26. The van der Waals surface area contributed by atoms with Crippen LogP contribution >= 0.6 is 11.6 Å². The van der Waals surface area contributed by atoms with E-state index in [2.05, 4.69) is 15.0 Å². The lowest BCUT2D eigenvalue weighted by Gasteiger charge is -2.19. The van der Waals surface area contributed by atoms with Gasteiger partial charge in [0.1, 0.15) is 5.69 Å². The topological polar surface area (TPSA) is 144 Å². The summed E-state index contributed by atoms with van der Waals surface area (Å²) in [4.78, 5) is 17.3. The quantitative estimate of drug-likeness (QED) is 0.244. The van der Waals surface area contributed by atoms with Gasteiger partial charge in [-0.2, -0.15) is 4.31 Å². The third-order valence-corrected chi connectivity index (χ3v) is 9.53. The van der Waals surface area contributed by atoms with Gasteiger partial charge in [-0.1, -0.05) is 17.7 Å². The van der Waals surface area contributed by atoms with Crippen molar-refractivity contribution in [1.82, 2.24) is 9.29 Å². The Hall–Kier alpha value is -4.17. The minimum Gasteiger partial charge on any atom is -0.493 e. The number of carbonyl (C=O) groups is 1. The second-order valence-corrected chi connectivity index (χ2v) is 13.0. The van der Waals surface area contributed by atoms with E-state index in [1.807, 2.05) is 0 Å². The highest BCUT2D eigenvalue weighted by atomic mass is 35.5. The molecule has 0 atom stereocenters. The van der Waals surface area contributed by atoms with Crippen molar-refractivity contribution >= 4 is 48.9 Å². The fourth-order valence-electron chi connectivity index (χ4n) is 3.95. The molecule has 0 radical (unpaired) electrons. The molecule has 14 heteroatoms. The molecule has 2 N–H and O–H groups in total. The van der Waals surface area contributed by atoms with Crippen molar-refractivity contribution in [2.75, 3.05) is 31.3 Å². The molecule has 0 fully saturated rings. The molecule has 0 saturated carbocycles. The molecular formula is C28H27ClN4O7S2. The number of amides is 1. The van der Waals surface area contributed by atoms with Crippen LogP contribution in [0.5, 0.6) is 11.5 Å². The average molecular weight is 631 g/mol. The number of hydrogen-bond acceptors (Lipinski definition) is 8. The maximum absolute atomic E-state index is 13.4. The van der Waals surface area contributed by atoms with Crippen LogP contribution in [0.3, 0.4) is 0 Å². The Morgan fingerprint density at radius 2 is 1.57 bits per heavy atom. The summed E-state index contributed by atoms with van der Waals surface area (Å²) in [5.41, 5.74) is 0.777. The van der Waals surface area contributed by atoms with Crippen LogP contribution in [0, 0.1) is 0 Å². The highest BCUT2D eigenvalue weighted by Crippen LogP contribution is 2.39. The number of nitrogens with zero attached hydrogens (tertiary/aromatic N) is 2. The number of methoxy groups -OCH3 is 2. The summed E-state index contributed by atoms with van der Waals surface area (Å²) in [6, 6.07) is 17.4. The number of anilines is 2. The molecule has 11 nitrogen and oxygen atoms in total. The molecule has 0 unspecified atom stereocenters. The van der Waals surface area contributed by atoms with Crippen molar-refractivity contribution in [3.63, 3.8) is 0 Å². The van der Waals surface area contributed by atoms with Gasteiger partial charge in [0.15, 0.2) is 11.5 Å². The van der Waals surface area contributed by atoms with E-state index in [-0.39, 0.29) is 44.8 Å². The number of rotatable bonds is 11. The summed E-state index contributed by atoms with van der Waals surface area (Å²) < 4.78 is 66.8. The van der Waals surface area contributed by atoms with Crippen LogP contribution in [0.25, 0.3) is 0 Å². The first-order valence-electron chi connectivity index (χ1n) is 12.3. The maximum Gasteiger partial charge on any atom is 0.262 e. The predicted octanol–water partition coefficient (Wildman–Crippen LogP) is 4.63. The van der Waals surface area contributed by atoms with Crippen molar-refractivity contribution in [1.29, 1.82) is 0 Å². The smallest absolute Gasteiger partial charge is 0.262 e. The normalized spacial score (nSPS) is 11.6. The zero-order chi connectivity index (χ0) is 30.5. The van der Waals surface area contributed by atoms with Crippen LogP contribution < -0.4 is 19.5 Å². The first-order chi connectivity index (χ1) is 20.0. The first-order valence-corrected chi connectivity index (χ1v) is 15.6. The van der Waals surface area contributed by atoms with E-state index < -0.39 is 26.0 Å². The van der Waals surface area contributed by atoms with Crippen molar-refractivity contribution in [3.05, 3.63) is 101 Å². The van der Waals surface area contributed by atoms with E-state index in [9.17, 15) is 21.6 Å². The van der Waals surface area contributed by atoms with Crippen LogP contribution in [-0.2, 0) is 26.6 Å². The van der Waals surface area contributed by atoms with Crippen molar-refractivity contribution in [2.45, 2.75) is 16.3 Å². The molecule has 0 aliphatic carbocycles. The van der Waals surface area contributed by atoms with Gasteiger partial charge in [0.25, 0.3) is 15.9 Å². The molecule has 1 aromatic heterocycles. The molecule has 1 amide bonds.